The second-order valence-corrected chi connectivity index (χ2v) is 8.89. The molecule has 2 heterocycles. The van der Waals surface area contributed by atoms with Gasteiger partial charge >= 0.3 is 0 Å². The second-order valence-electron chi connectivity index (χ2n) is 8.89. The van der Waals surface area contributed by atoms with Crippen LogP contribution in [0.1, 0.15) is 38.8 Å². The summed E-state index contributed by atoms with van der Waals surface area (Å²) in [5, 5.41) is 11.3. The van der Waals surface area contributed by atoms with Gasteiger partial charge in [0.05, 0.1) is 5.52 Å². The number of nitrogens with one attached hydrogen (secondary N) is 1. The maximum atomic E-state index is 14.3. The number of halogens is 1. The van der Waals surface area contributed by atoms with Crippen LogP contribution in [0.4, 0.5) is 10.1 Å². The maximum absolute atomic E-state index is 14.3. The zero-order valence-corrected chi connectivity index (χ0v) is 19.9. The monoisotopic (exact) mass is 474 g/mol. The number of para-hydroxylation sites is 1. The number of nitrogens with zero attached hydrogens (tertiary/aromatic N) is 5. The molecule has 35 heavy (non-hydrogen) atoms. The Balaban J connectivity index is 1.81. The molecule has 0 fully saturated rings. The summed E-state index contributed by atoms with van der Waals surface area (Å²) in [5.74, 6) is -1.35. The number of carbonyl (C=O) groups excluding carboxylic acids is 2. The Morgan fingerprint density at radius 1 is 1.09 bits per heavy atom. The fourth-order valence-corrected chi connectivity index (χ4v) is 3.76. The van der Waals surface area contributed by atoms with Crippen LogP contribution in [0, 0.1) is 5.82 Å². The summed E-state index contributed by atoms with van der Waals surface area (Å²) in [6.07, 6.45) is 3.79. The summed E-state index contributed by atoms with van der Waals surface area (Å²) in [5.41, 5.74) is 1.61. The molecule has 2 aromatic carbocycles. The average molecular weight is 475 g/mol. The molecule has 0 bridgehead atoms. The fraction of sp³-hybridized carbons (Fsp3) is 0.269. The van der Waals surface area contributed by atoms with Gasteiger partial charge in [0.25, 0.3) is 0 Å². The molecule has 0 saturated heterocycles. The van der Waals surface area contributed by atoms with Crippen LogP contribution in [0.2, 0.25) is 0 Å². The molecule has 1 N–H and O–H groups in total. The Morgan fingerprint density at radius 3 is 2.54 bits per heavy atom. The lowest BCUT2D eigenvalue weighted by molar-refractivity contribution is -0.128. The molecule has 180 valence electrons. The zero-order chi connectivity index (χ0) is 25.0. The predicted molar refractivity (Wildman–Crippen MR) is 131 cm³/mol. The molecule has 0 saturated carbocycles. The third kappa shape index (κ3) is 5.34. The van der Waals surface area contributed by atoms with Crippen molar-refractivity contribution in [1.29, 1.82) is 0 Å². The minimum atomic E-state index is -1.06. The number of hydrogen-bond acceptors (Lipinski definition) is 5. The van der Waals surface area contributed by atoms with Gasteiger partial charge in [0.2, 0.25) is 11.8 Å². The number of benzene rings is 2. The molecular weight excluding hydrogens is 447 g/mol. The molecule has 8 nitrogen and oxygen atoms in total. The molecule has 9 heteroatoms. The molecule has 0 unspecified atom stereocenters. The van der Waals surface area contributed by atoms with Gasteiger partial charge in [0.15, 0.2) is 0 Å². The van der Waals surface area contributed by atoms with E-state index in [0.717, 1.165) is 0 Å². The van der Waals surface area contributed by atoms with Crippen LogP contribution in [0.25, 0.3) is 11.0 Å². The van der Waals surface area contributed by atoms with E-state index in [9.17, 15) is 14.0 Å². The van der Waals surface area contributed by atoms with E-state index in [0.29, 0.717) is 23.0 Å². The first kappa shape index (κ1) is 24.0. The van der Waals surface area contributed by atoms with Gasteiger partial charge in [0, 0.05) is 23.6 Å². The van der Waals surface area contributed by atoms with E-state index in [1.165, 1.54) is 27.8 Å². The second kappa shape index (κ2) is 10.0. The van der Waals surface area contributed by atoms with E-state index in [4.69, 9.17) is 0 Å². The SMILES string of the molecule is CCC(C)(C)NC(=O)[C@@H](c1ccncc1)N(C(=O)Cn1nnc2ccccc21)c1cccc(F)c1. The highest BCUT2D eigenvalue weighted by atomic mass is 19.1. The van der Waals surface area contributed by atoms with Gasteiger partial charge in [-0.2, -0.15) is 0 Å². The van der Waals surface area contributed by atoms with E-state index in [2.05, 4.69) is 20.6 Å². The topological polar surface area (TPSA) is 93.0 Å². The van der Waals surface area contributed by atoms with Crippen molar-refractivity contribution in [2.75, 3.05) is 4.90 Å². The molecular formula is C26H27FN6O2. The number of hydrogen-bond donors (Lipinski definition) is 1. The van der Waals surface area contributed by atoms with Crippen molar-refractivity contribution in [3.05, 3.63) is 84.4 Å². The molecule has 0 aliphatic heterocycles. The molecule has 4 aromatic rings. The lowest BCUT2D eigenvalue weighted by atomic mass is 9.98. The van der Waals surface area contributed by atoms with E-state index in [1.807, 2.05) is 39.0 Å². The number of aromatic nitrogens is 4. The van der Waals surface area contributed by atoms with Gasteiger partial charge < -0.3 is 5.32 Å². The average Bonchev–Trinajstić information content (AvgIpc) is 3.25. The first-order chi connectivity index (χ1) is 16.8. The molecule has 0 spiro atoms. The van der Waals surface area contributed by atoms with E-state index < -0.39 is 23.3 Å². The van der Waals surface area contributed by atoms with E-state index in [-0.39, 0.29) is 18.1 Å². The van der Waals surface area contributed by atoms with Crippen molar-refractivity contribution < 1.29 is 14.0 Å². The van der Waals surface area contributed by atoms with Gasteiger partial charge in [0.1, 0.15) is 23.9 Å². The van der Waals surface area contributed by atoms with Gasteiger partial charge in [-0.3, -0.25) is 19.5 Å². The van der Waals surface area contributed by atoms with Crippen molar-refractivity contribution >= 4 is 28.5 Å². The van der Waals surface area contributed by atoms with Crippen molar-refractivity contribution in [3.63, 3.8) is 0 Å². The van der Waals surface area contributed by atoms with Crippen LogP contribution in [0.3, 0.4) is 0 Å². The molecule has 1 atom stereocenters. The molecule has 0 aliphatic carbocycles. The number of anilines is 1. The van der Waals surface area contributed by atoms with E-state index >= 15 is 0 Å². The third-order valence-corrected chi connectivity index (χ3v) is 5.93. The lowest BCUT2D eigenvalue weighted by Gasteiger charge is -2.34. The zero-order valence-electron chi connectivity index (χ0n) is 19.9. The van der Waals surface area contributed by atoms with Gasteiger partial charge in [-0.1, -0.05) is 30.3 Å². The predicted octanol–water partition coefficient (Wildman–Crippen LogP) is 4.04. The molecule has 4 rings (SSSR count). The summed E-state index contributed by atoms with van der Waals surface area (Å²) in [6.45, 7) is 5.59. The highest BCUT2D eigenvalue weighted by Crippen LogP contribution is 2.30. The molecule has 0 aliphatic rings. The van der Waals surface area contributed by atoms with Crippen LogP contribution in [0.15, 0.2) is 73.1 Å². The Hall–Kier alpha value is -4.14. The Labute approximate surface area is 202 Å². The highest BCUT2D eigenvalue weighted by Gasteiger charge is 2.35. The van der Waals surface area contributed by atoms with Crippen LogP contribution >= 0.6 is 0 Å². The largest absolute Gasteiger partial charge is 0.349 e. The highest BCUT2D eigenvalue weighted by molar-refractivity contribution is 6.01. The first-order valence-electron chi connectivity index (χ1n) is 11.4. The summed E-state index contributed by atoms with van der Waals surface area (Å²) in [4.78, 5) is 32.9. The Kier molecular flexibility index (Phi) is 6.86. The normalized spacial score (nSPS) is 12.3. The number of fused-ring (bicyclic) bond motifs is 1. The van der Waals surface area contributed by atoms with Crippen LogP contribution < -0.4 is 10.2 Å². The van der Waals surface area contributed by atoms with Crippen LogP contribution in [-0.2, 0) is 16.1 Å². The van der Waals surface area contributed by atoms with Crippen LogP contribution in [-0.4, -0.2) is 37.3 Å². The third-order valence-electron chi connectivity index (χ3n) is 5.93. The summed E-state index contributed by atoms with van der Waals surface area (Å²) < 4.78 is 15.8. The standard InChI is InChI=1S/C26H27FN6O2/c1-4-26(2,3)29-25(35)24(18-12-14-28-15-13-18)33(20-9-7-8-19(27)16-20)23(34)17-32-22-11-6-5-10-21(22)30-31-32/h5-16,24H,4,17H2,1-3H3,(H,29,35)/t24-/m1/s1. The smallest absolute Gasteiger partial charge is 0.249 e. The van der Waals surface area contributed by atoms with Gasteiger partial charge in [-0.05, 0) is 68.3 Å². The van der Waals surface area contributed by atoms with Crippen molar-refractivity contribution in [2.45, 2.75) is 45.3 Å². The van der Waals surface area contributed by atoms with Crippen molar-refractivity contribution in [3.8, 4) is 0 Å². The van der Waals surface area contributed by atoms with Gasteiger partial charge in [-0.15, -0.1) is 5.10 Å². The Bertz CT molecular complexity index is 1340. The van der Waals surface area contributed by atoms with Gasteiger partial charge in [-0.25, -0.2) is 9.07 Å². The summed E-state index contributed by atoms with van der Waals surface area (Å²) in [7, 11) is 0. The maximum Gasteiger partial charge on any atom is 0.249 e. The lowest BCUT2D eigenvalue weighted by Crippen LogP contribution is -2.51. The minimum absolute atomic E-state index is 0.191. The van der Waals surface area contributed by atoms with Crippen molar-refractivity contribution in [2.24, 2.45) is 0 Å². The number of rotatable bonds is 8. The quantitative estimate of drug-likeness (QED) is 0.416. The Morgan fingerprint density at radius 2 is 1.83 bits per heavy atom. The summed E-state index contributed by atoms with van der Waals surface area (Å²) >= 11 is 0. The first-order valence-corrected chi connectivity index (χ1v) is 11.4. The minimum Gasteiger partial charge on any atom is -0.349 e. The molecule has 2 aromatic heterocycles. The summed E-state index contributed by atoms with van der Waals surface area (Å²) in [6, 6.07) is 15.2. The van der Waals surface area contributed by atoms with E-state index in [1.54, 1.807) is 36.7 Å². The number of amides is 2. The molecule has 2 amide bonds. The number of carbonyl (C=O) groups is 2. The fourth-order valence-electron chi connectivity index (χ4n) is 3.76. The molecule has 0 radical (unpaired) electrons. The number of pyridine rings is 1. The van der Waals surface area contributed by atoms with Crippen molar-refractivity contribution in [1.82, 2.24) is 25.3 Å². The van der Waals surface area contributed by atoms with Crippen LogP contribution in [0.5, 0.6) is 0 Å².